The first-order valence-corrected chi connectivity index (χ1v) is 8.94. The zero-order valence-electron chi connectivity index (χ0n) is 11.2. The van der Waals surface area contributed by atoms with Gasteiger partial charge in [0, 0.05) is 24.3 Å². The third-order valence-electron chi connectivity index (χ3n) is 3.23. The van der Waals surface area contributed by atoms with E-state index in [0.717, 1.165) is 23.6 Å². The fourth-order valence-electron chi connectivity index (χ4n) is 2.08. The highest BCUT2D eigenvalue weighted by Gasteiger charge is 2.25. The maximum absolute atomic E-state index is 12.3. The molecule has 0 radical (unpaired) electrons. The maximum Gasteiger partial charge on any atom is 0.260 e. The van der Waals surface area contributed by atoms with Crippen LogP contribution in [0.5, 0.6) is 0 Å². The molecule has 19 heavy (non-hydrogen) atoms. The Morgan fingerprint density at radius 2 is 2.32 bits per heavy atom. The molecule has 1 fully saturated rings. The number of aromatic amines is 1. The van der Waals surface area contributed by atoms with Crippen molar-refractivity contribution in [3.05, 3.63) is 11.3 Å². The molecule has 0 aliphatic carbocycles. The fourth-order valence-corrected chi connectivity index (χ4v) is 4.67. The van der Waals surface area contributed by atoms with Crippen LogP contribution in [0, 0.1) is 12.8 Å². The molecule has 1 aromatic heterocycles. The largest absolute Gasteiger partial charge is 0.316 e. The van der Waals surface area contributed by atoms with E-state index in [0.29, 0.717) is 24.6 Å². The number of hydrogen-bond donors (Lipinski definition) is 3. The van der Waals surface area contributed by atoms with Gasteiger partial charge in [0.15, 0.2) is 5.03 Å². The maximum atomic E-state index is 12.3. The average Bonchev–Trinajstić information content (AvgIpc) is 2.99. The number of aryl methyl sites for hydroxylation is 1. The zero-order chi connectivity index (χ0) is 13.9. The van der Waals surface area contributed by atoms with Gasteiger partial charge in [-0.05, 0) is 37.8 Å². The first kappa shape index (κ1) is 14.8. The summed E-state index contributed by atoms with van der Waals surface area (Å²) in [6, 6.07) is 0. The Morgan fingerprint density at radius 1 is 1.53 bits per heavy atom. The normalized spacial score (nSPS) is 20.0. The summed E-state index contributed by atoms with van der Waals surface area (Å²) in [6.07, 6.45) is 1.08. The molecular weight excluding hydrogens is 284 g/mol. The van der Waals surface area contributed by atoms with Crippen LogP contribution in [-0.2, 0) is 16.6 Å². The molecule has 1 unspecified atom stereocenters. The van der Waals surface area contributed by atoms with Gasteiger partial charge in [-0.2, -0.15) is 16.9 Å². The summed E-state index contributed by atoms with van der Waals surface area (Å²) in [5.41, 5.74) is 1.49. The van der Waals surface area contributed by atoms with Crippen molar-refractivity contribution in [2.75, 3.05) is 25.1 Å². The minimum atomic E-state index is -3.52. The second-order valence-corrected chi connectivity index (χ2v) is 7.58. The summed E-state index contributed by atoms with van der Waals surface area (Å²) in [5, 5.41) is 9.75. The van der Waals surface area contributed by atoms with Crippen molar-refractivity contribution in [2.24, 2.45) is 5.92 Å². The molecule has 1 atom stereocenters. The Morgan fingerprint density at radius 3 is 2.95 bits per heavy atom. The van der Waals surface area contributed by atoms with E-state index in [1.807, 2.05) is 18.7 Å². The number of rotatable bonds is 6. The first-order valence-electron chi connectivity index (χ1n) is 6.30. The summed E-state index contributed by atoms with van der Waals surface area (Å²) in [6.45, 7) is 2.81. The molecular formula is C11H20N4O2S2. The molecule has 0 aromatic carbocycles. The Hall–Kier alpha value is -0.570. The van der Waals surface area contributed by atoms with Crippen LogP contribution in [-0.4, -0.2) is 43.7 Å². The Balaban J connectivity index is 2.10. The predicted octanol–water partition coefficient (Wildman–Crippen LogP) is 0.469. The van der Waals surface area contributed by atoms with Crippen molar-refractivity contribution >= 4 is 21.8 Å². The van der Waals surface area contributed by atoms with Crippen molar-refractivity contribution in [1.29, 1.82) is 0 Å². The number of aromatic nitrogens is 2. The van der Waals surface area contributed by atoms with Gasteiger partial charge in [0.25, 0.3) is 10.0 Å². The Kier molecular flexibility index (Phi) is 4.88. The third-order valence-corrected chi connectivity index (χ3v) is 5.86. The van der Waals surface area contributed by atoms with Gasteiger partial charge >= 0.3 is 0 Å². The highest BCUT2D eigenvalue weighted by molar-refractivity contribution is 7.99. The fraction of sp³-hybridized carbons (Fsp3) is 0.727. The molecule has 1 aromatic rings. The minimum Gasteiger partial charge on any atom is -0.316 e. The van der Waals surface area contributed by atoms with Crippen LogP contribution in [0.15, 0.2) is 5.03 Å². The molecule has 0 spiro atoms. The van der Waals surface area contributed by atoms with Crippen LogP contribution in [0.3, 0.4) is 0 Å². The van der Waals surface area contributed by atoms with Gasteiger partial charge in [0.1, 0.15) is 0 Å². The second kappa shape index (κ2) is 6.25. The first-order chi connectivity index (χ1) is 9.04. The molecule has 2 heterocycles. The molecule has 108 valence electrons. The van der Waals surface area contributed by atoms with Crippen molar-refractivity contribution in [3.8, 4) is 0 Å². The number of H-pyrrole nitrogens is 1. The Labute approximate surface area is 118 Å². The number of hydrogen-bond acceptors (Lipinski definition) is 5. The average molecular weight is 304 g/mol. The lowest BCUT2D eigenvalue weighted by Crippen LogP contribution is -2.30. The molecule has 2 rings (SSSR count). The molecule has 3 N–H and O–H groups in total. The van der Waals surface area contributed by atoms with Gasteiger partial charge in [-0.3, -0.25) is 5.10 Å². The van der Waals surface area contributed by atoms with Crippen LogP contribution in [0.4, 0.5) is 0 Å². The van der Waals surface area contributed by atoms with Crippen molar-refractivity contribution in [1.82, 2.24) is 20.2 Å². The third kappa shape index (κ3) is 3.50. The highest BCUT2D eigenvalue weighted by Crippen LogP contribution is 2.23. The van der Waals surface area contributed by atoms with Crippen LogP contribution >= 0.6 is 11.8 Å². The van der Waals surface area contributed by atoms with E-state index >= 15 is 0 Å². The van der Waals surface area contributed by atoms with E-state index in [1.54, 1.807) is 7.05 Å². The quantitative estimate of drug-likeness (QED) is 0.711. The van der Waals surface area contributed by atoms with Gasteiger partial charge in [-0.1, -0.05) is 0 Å². The lowest BCUT2D eigenvalue weighted by atomic mass is 10.1. The van der Waals surface area contributed by atoms with Crippen molar-refractivity contribution in [3.63, 3.8) is 0 Å². The van der Waals surface area contributed by atoms with Crippen molar-refractivity contribution < 1.29 is 8.42 Å². The summed E-state index contributed by atoms with van der Waals surface area (Å²) >= 11 is 1.88. The van der Waals surface area contributed by atoms with E-state index in [4.69, 9.17) is 0 Å². The van der Waals surface area contributed by atoms with Gasteiger partial charge in [0.05, 0.1) is 0 Å². The minimum absolute atomic E-state index is 0.116. The van der Waals surface area contributed by atoms with Gasteiger partial charge < -0.3 is 5.32 Å². The van der Waals surface area contributed by atoms with E-state index < -0.39 is 10.0 Å². The molecule has 0 amide bonds. The van der Waals surface area contributed by atoms with Gasteiger partial charge in [0.2, 0.25) is 0 Å². The molecule has 1 saturated heterocycles. The monoisotopic (exact) mass is 304 g/mol. The van der Waals surface area contributed by atoms with Crippen LogP contribution in [0.1, 0.15) is 17.7 Å². The standard InChI is InChI=1S/C11H20N4O2S2/c1-8-10(6-12-2)11(15-14-8)19(16,17)13-5-9-3-4-18-7-9/h9,12-13H,3-7H2,1-2H3,(H,14,15). The number of nitrogens with zero attached hydrogens (tertiary/aromatic N) is 1. The van der Waals surface area contributed by atoms with E-state index in [1.165, 1.54) is 0 Å². The second-order valence-electron chi connectivity index (χ2n) is 4.74. The van der Waals surface area contributed by atoms with Gasteiger partial charge in [-0.25, -0.2) is 13.1 Å². The number of thioether (sulfide) groups is 1. The summed E-state index contributed by atoms with van der Waals surface area (Å²) < 4.78 is 27.2. The lowest BCUT2D eigenvalue weighted by Gasteiger charge is -2.10. The molecule has 6 nitrogen and oxygen atoms in total. The summed E-state index contributed by atoms with van der Waals surface area (Å²) in [5.74, 6) is 2.59. The topological polar surface area (TPSA) is 86.9 Å². The molecule has 8 heteroatoms. The highest BCUT2D eigenvalue weighted by atomic mass is 32.2. The van der Waals surface area contributed by atoms with E-state index in [9.17, 15) is 8.42 Å². The van der Waals surface area contributed by atoms with Crippen LogP contribution < -0.4 is 10.0 Å². The summed E-state index contributed by atoms with van der Waals surface area (Å²) in [4.78, 5) is 0. The van der Waals surface area contributed by atoms with Crippen molar-refractivity contribution in [2.45, 2.75) is 24.9 Å². The Bertz CT molecular complexity index is 521. The number of nitrogens with one attached hydrogen (secondary N) is 3. The summed E-state index contributed by atoms with van der Waals surface area (Å²) in [7, 11) is -1.74. The van der Waals surface area contributed by atoms with E-state index in [-0.39, 0.29) is 5.03 Å². The molecule has 1 aliphatic rings. The molecule has 0 bridgehead atoms. The smallest absolute Gasteiger partial charge is 0.260 e. The number of sulfonamides is 1. The SMILES string of the molecule is CNCc1c(S(=O)(=O)NCC2CCSC2)n[nH]c1C. The molecule has 0 saturated carbocycles. The van der Waals surface area contributed by atoms with Gasteiger partial charge in [-0.15, -0.1) is 0 Å². The van der Waals surface area contributed by atoms with Crippen LogP contribution in [0.25, 0.3) is 0 Å². The zero-order valence-corrected chi connectivity index (χ0v) is 12.8. The van der Waals surface area contributed by atoms with E-state index in [2.05, 4.69) is 20.2 Å². The molecule has 1 aliphatic heterocycles. The predicted molar refractivity (Wildman–Crippen MR) is 76.7 cm³/mol. The van der Waals surface area contributed by atoms with Crippen LogP contribution in [0.2, 0.25) is 0 Å². The lowest BCUT2D eigenvalue weighted by molar-refractivity contribution is 0.542.